The predicted molar refractivity (Wildman–Crippen MR) is 158 cm³/mol. The first kappa shape index (κ1) is 27.6. The summed E-state index contributed by atoms with van der Waals surface area (Å²) in [6, 6.07) is 21.8. The number of methoxy groups -OCH3 is 3. The van der Waals surface area contributed by atoms with E-state index in [0.717, 1.165) is 49.7 Å². The molecule has 0 bridgehead atoms. The van der Waals surface area contributed by atoms with Crippen LogP contribution in [-0.4, -0.2) is 45.2 Å². The summed E-state index contributed by atoms with van der Waals surface area (Å²) < 4.78 is 16.4. The smallest absolute Gasteiger partial charge is 0.203 e. The maximum Gasteiger partial charge on any atom is 0.203 e. The summed E-state index contributed by atoms with van der Waals surface area (Å²) in [4.78, 5) is 7.15. The molecule has 3 aromatic carbocycles. The second-order valence-electron chi connectivity index (χ2n) is 9.62. The zero-order valence-corrected chi connectivity index (χ0v) is 23.4. The molecule has 2 aliphatic heterocycles. The molecular formula is C32H37ClN2O3. The molecule has 2 aliphatic rings. The highest BCUT2D eigenvalue weighted by Crippen LogP contribution is 2.38. The van der Waals surface area contributed by atoms with E-state index in [0.29, 0.717) is 5.75 Å². The molecule has 6 heteroatoms. The van der Waals surface area contributed by atoms with E-state index >= 15 is 0 Å². The molecule has 0 aliphatic carbocycles. The van der Waals surface area contributed by atoms with Crippen LogP contribution in [0.2, 0.25) is 0 Å². The van der Waals surface area contributed by atoms with E-state index in [4.69, 9.17) is 19.2 Å². The molecule has 0 N–H and O–H groups in total. The van der Waals surface area contributed by atoms with Crippen LogP contribution in [0.15, 0.2) is 65.7 Å². The minimum Gasteiger partial charge on any atom is -0.493 e. The zero-order chi connectivity index (χ0) is 25.6. The second kappa shape index (κ2) is 12.9. The number of hydrogen-bond donors (Lipinski definition) is 0. The Morgan fingerprint density at radius 1 is 0.763 bits per heavy atom. The third kappa shape index (κ3) is 5.83. The van der Waals surface area contributed by atoms with Crippen LogP contribution >= 0.6 is 12.4 Å². The van der Waals surface area contributed by atoms with Crippen LogP contribution in [0.3, 0.4) is 0 Å². The lowest BCUT2D eigenvalue weighted by molar-refractivity contribution is 0.323. The summed E-state index contributed by atoms with van der Waals surface area (Å²) in [6.45, 7) is 1.81. The maximum absolute atomic E-state index is 5.48. The Balaban J connectivity index is 0.00000336. The van der Waals surface area contributed by atoms with Crippen molar-refractivity contribution in [2.24, 2.45) is 4.99 Å². The number of nitrogens with zero attached hydrogens (tertiary/aromatic N) is 2. The summed E-state index contributed by atoms with van der Waals surface area (Å²) >= 11 is 0. The summed E-state index contributed by atoms with van der Waals surface area (Å²) in [7, 11) is 4.96. The number of unbranched alkanes of at least 4 members (excludes halogenated alkanes) is 3. The number of ether oxygens (including phenoxy) is 3. The lowest BCUT2D eigenvalue weighted by Gasteiger charge is -2.29. The van der Waals surface area contributed by atoms with Crippen molar-refractivity contribution in [3.63, 3.8) is 0 Å². The number of benzene rings is 3. The Labute approximate surface area is 232 Å². The van der Waals surface area contributed by atoms with Crippen molar-refractivity contribution >= 4 is 30.0 Å². The highest BCUT2D eigenvalue weighted by Gasteiger charge is 2.28. The van der Waals surface area contributed by atoms with Crippen LogP contribution in [-0.2, 0) is 12.8 Å². The molecule has 0 radical (unpaired) electrons. The minimum absolute atomic E-state index is 0. The second-order valence-corrected chi connectivity index (χ2v) is 9.62. The Bertz CT molecular complexity index is 1280. The average Bonchev–Trinajstić information content (AvgIpc) is 3.44. The molecule has 200 valence electrons. The Morgan fingerprint density at radius 3 is 2.08 bits per heavy atom. The van der Waals surface area contributed by atoms with Crippen LogP contribution in [0.25, 0.3) is 11.8 Å². The molecule has 3 aromatic rings. The molecule has 5 nitrogen and oxygen atoms in total. The number of rotatable bonds is 11. The lowest BCUT2D eigenvalue weighted by Crippen LogP contribution is -2.30. The first-order chi connectivity index (χ1) is 18.2. The largest absolute Gasteiger partial charge is 0.493 e. The Morgan fingerprint density at radius 2 is 1.42 bits per heavy atom. The molecule has 0 amide bonds. The maximum atomic E-state index is 5.48. The van der Waals surface area contributed by atoms with E-state index in [1.54, 1.807) is 21.3 Å². The van der Waals surface area contributed by atoms with Gasteiger partial charge in [-0.25, -0.2) is 0 Å². The van der Waals surface area contributed by atoms with Crippen LogP contribution in [0, 0.1) is 0 Å². The van der Waals surface area contributed by atoms with E-state index in [1.165, 1.54) is 52.8 Å². The van der Waals surface area contributed by atoms with Crippen LogP contribution < -0.4 is 14.2 Å². The fraction of sp³-hybridized carbons (Fsp3) is 0.344. The number of aliphatic imine (C=N–C) groups is 1. The fourth-order valence-electron chi connectivity index (χ4n) is 5.34. The summed E-state index contributed by atoms with van der Waals surface area (Å²) in [5, 5.41) is 0. The third-order valence-electron chi connectivity index (χ3n) is 7.28. The molecule has 5 rings (SSSR count). The molecule has 2 heterocycles. The monoisotopic (exact) mass is 532 g/mol. The predicted octanol–water partition coefficient (Wildman–Crippen LogP) is 7.05. The number of halogens is 1. The van der Waals surface area contributed by atoms with Crippen LogP contribution in [0.1, 0.15) is 53.5 Å². The van der Waals surface area contributed by atoms with Gasteiger partial charge in [-0.1, -0.05) is 61.4 Å². The highest BCUT2D eigenvalue weighted by atomic mass is 35.5. The number of amidine groups is 1. The topological polar surface area (TPSA) is 43.3 Å². The van der Waals surface area contributed by atoms with E-state index in [-0.39, 0.29) is 12.4 Å². The first-order valence-corrected chi connectivity index (χ1v) is 13.2. The van der Waals surface area contributed by atoms with Crippen molar-refractivity contribution in [1.29, 1.82) is 0 Å². The number of hydrogen-bond acceptors (Lipinski definition) is 5. The van der Waals surface area contributed by atoms with Gasteiger partial charge in [-0.15, -0.1) is 12.4 Å². The van der Waals surface area contributed by atoms with Gasteiger partial charge in [0.15, 0.2) is 11.5 Å². The van der Waals surface area contributed by atoms with Crippen molar-refractivity contribution in [3.8, 4) is 17.2 Å². The van der Waals surface area contributed by atoms with Crippen molar-refractivity contribution in [3.05, 3.63) is 88.5 Å². The molecule has 0 fully saturated rings. The minimum atomic E-state index is 0. The zero-order valence-electron chi connectivity index (χ0n) is 22.5. The van der Waals surface area contributed by atoms with Crippen LogP contribution in [0.4, 0.5) is 0 Å². The van der Waals surface area contributed by atoms with E-state index in [2.05, 4.69) is 71.6 Å². The van der Waals surface area contributed by atoms with Crippen molar-refractivity contribution in [2.45, 2.75) is 38.5 Å². The highest BCUT2D eigenvalue weighted by molar-refractivity contribution is 6.12. The molecule has 0 aromatic heterocycles. The standard InChI is InChI=1S/C32H36N2O3.ClH/c1-35-29-20-24(21-30(36-2)31(29)37-3)11-7-5-4-6-10-23-14-16-25(17-15-23)28-22-26-12-8-9-13-27(26)32-33-18-19-34(28)32;/h8-9,12-17,20-22H,4-7,10-11,18-19H2,1-3H3;1H. The van der Waals surface area contributed by atoms with Gasteiger partial charge in [-0.3, -0.25) is 4.99 Å². The van der Waals surface area contributed by atoms with Crippen molar-refractivity contribution in [2.75, 3.05) is 34.4 Å². The summed E-state index contributed by atoms with van der Waals surface area (Å²) in [5.41, 5.74) is 7.64. The lowest BCUT2D eigenvalue weighted by atomic mass is 9.96. The molecule has 0 saturated carbocycles. The van der Waals surface area contributed by atoms with Crippen molar-refractivity contribution in [1.82, 2.24) is 4.90 Å². The quantitative estimate of drug-likeness (QED) is 0.248. The average molecular weight is 533 g/mol. The number of fused-ring (bicyclic) bond motifs is 3. The first-order valence-electron chi connectivity index (χ1n) is 13.2. The van der Waals surface area contributed by atoms with E-state index < -0.39 is 0 Å². The van der Waals surface area contributed by atoms with Gasteiger partial charge in [0.2, 0.25) is 5.75 Å². The molecule has 0 saturated heterocycles. The third-order valence-corrected chi connectivity index (χ3v) is 7.28. The normalized spacial score (nSPS) is 13.6. The fourth-order valence-corrected chi connectivity index (χ4v) is 5.34. The van der Waals surface area contributed by atoms with Gasteiger partial charge < -0.3 is 19.1 Å². The molecule has 0 spiro atoms. The van der Waals surface area contributed by atoms with Gasteiger partial charge in [0.05, 0.1) is 33.6 Å². The molecule has 0 atom stereocenters. The molecular weight excluding hydrogens is 496 g/mol. The van der Waals surface area contributed by atoms with Gasteiger partial charge in [-0.2, -0.15) is 0 Å². The SMILES string of the molecule is COc1cc(CCCCCCc2ccc(C3=Cc4ccccc4C4=NCCN34)cc2)cc(OC)c1OC.Cl. The van der Waals surface area contributed by atoms with Gasteiger partial charge in [0, 0.05) is 12.1 Å². The summed E-state index contributed by atoms with van der Waals surface area (Å²) in [6.07, 6.45) is 9.21. The molecule has 0 unspecified atom stereocenters. The van der Waals surface area contributed by atoms with Gasteiger partial charge >= 0.3 is 0 Å². The van der Waals surface area contributed by atoms with Gasteiger partial charge in [0.25, 0.3) is 0 Å². The van der Waals surface area contributed by atoms with E-state index in [1.807, 2.05) is 0 Å². The number of aryl methyl sites for hydroxylation is 2. The van der Waals surface area contributed by atoms with Gasteiger partial charge in [-0.05, 0) is 66.1 Å². The Hall–Kier alpha value is -3.44. The van der Waals surface area contributed by atoms with Gasteiger partial charge in [0.1, 0.15) is 5.84 Å². The summed E-state index contributed by atoms with van der Waals surface area (Å²) in [5.74, 6) is 3.21. The Kier molecular flexibility index (Phi) is 9.35. The van der Waals surface area contributed by atoms with E-state index in [9.17, 15) is 0 Å². The van der Waals surface area contributed by atoms with Crippen LogP contribution in [0.5, 0.6) is 17.2 Å². The van der Waals surface area contributed by atoms with Crippen molar-refractivity contribution < 1.29 is 14.2 Å². The molecule has 38 heavy (non-hydrogen) atoms.